The molecule has 0 saturated heterocycles. The van der Waals surface area contributed by atoms with E-state index < -0.39 is 5.97 Å². The number of aromatic nitrogens is 2. The van der Waals surface area contributed by atoms with E-state index in [2.05, 4.69) is 15.3 Å². The number of rotatable bonds is 3. The summed E-state index contributed by atoms with van der Waals surface area (Å²) in [6.07, 6.45) is 8.73. The van der Waals surface area contributed by atoms with E-state index in [1.54, 1.807) is 0 Å². The highest BCUT2D eigenvalue weighted by molar-refractivity contribution is 5.90. The smallest absolute Gasteiger partial charge is 0.358 e. The first-order chi connectivity index (χ1) is 7.77. The molecule has 1 aliphatic rings. The van der Waals surface area contributed by atoms with Gasteiger partial charge in [0.15, 0.2) is 11.5 Å². The SMILES string of the molecule is O=C(O)c1nccnc1NC1CCCCC1. The highest BCUT2D eigenvalue weighted by Gasteiger charge is 2.18. The summed E-state index contributed by atoms with van der Waals surface area (Å²) in [5.41, 5.74) is 0.00748. The first-order valence-electron chi connectivity index (χ1n) is 5.58. The van der Waals surface area contributed by atoms with Crippen LogP contribution in [-0.4, -0.2) is 27.1 Å². The summed E-state index contributed by atoms with van der Waals surface area (Å²) in [6.45, 7) is 0. The Kier molecular flexibility index (Phi) is 3.34. The van der Waals surface area contributed by atoms with Crippen LogP contribution in [0.3, 0.4) is 0 Å². The first-order valence-corrected chi connectivity index (χ1v) is 5.58. The second-order valence-corrected chi connectivity index (χ2v) is 4.04. The van der Waals surface area contributed by atoms with E-state index in [0.29, 0.717) is 11.9 Å². The van der Waals surface area contributed by atoms with Gasteiger partial charge in [0.2, 0.25) is 0 Å². The Hall–Kier alpha value is -1.65. The summed E-state index contributed by atoms with van der Waals surface area (Å²) in [4.78, 5) is 18.8. The van der Waals surface area contributed by atoms with Gasteiger partial charge in [0.1, 0.15) is 0 Å². The molecule has 0 atom stereocenters. The van der Waals surface area contributed by atoms with Crippen molar-refractivity contribution in [1.82, 2.24) is 9.97 Å². The molecule has 1 fully saturated rings. The van der Waals surface area contributed by atoms with Crippen LogP contribution in [0.2, 0.25) is 0 Å². The molecular weight excluding hydrogens is 206 g/mol. The van der Waals surface area contributed by atoms with E-state index in [1.165, 1.54) is 31.7 Å². The van der Waals surface area contributed by atoms with Gasteiger partial charge in [-0.25, -0.2) is 14.8 Å². The Morgan fingerprint density at radius 1 is 1.25 bits per heavy atom. The van der Waals surface area contributed by atoms with Crippen molar-refractivity contribution in [3.8, 4) is 0 Å². The molecule has 0 amide bonds. The van der Waals surface area contributed by atoms with Gasteiger partial charge in [-0.3, -0.25) is 0 Å². The summed E-state index contributed by atoms with van der Waals surface area (Å²) < 4.78 is 0. The summed E-state index contributed by atoms with van der Waals surface area (Å²) in [6, 6.07) is 0.337. The summed E-state index contributed by atoms with van der Waals surface area (Å²) in [7, 11) is 0. The molecule has 1 heterocycles. The Balaban J connectivity index is 2.10. The maximum absolute atomic E-state index is 10.9. The zero-order valence-electron chi connectivity index (χ0n) is 9.02. The topological polar surface area (TPSA) is 75.1 Å². The molecule has 1 aromatic rings. The molecule has 0 aromatic carbocycles. The van der Waals surface area contributed by atoms with E-state index in [-0.39, 0.29) is 5.69 Å². The van der Waals surface area contributed by atoms with Crippen LogP contribution >= 0.6 is 0 Å². The maximum atomic E-state index is 10.9. The van der Waals surface area contributed by atoms with Crippen LogP contribution in [0.5, 0.6) is 0 Å². The standard InChI is InChI=1S/C11H15N3O2/c15-11(16)9-10(13-7-6-12-9)14-8-4-2-1-3-5-8/h6-8H,1-5H2,(H,13,14)(H,15,16). The first kappa shape index (κ1) is 10.9. The van der Waals surface area contributed by atoms with Gasteiger partial charge in [0, 0.05) is 18.4 Å². The van der Waals surface area contributed by atoms with Crippen molar-refractivity contribution in [3.63, 3.8) is 0 Å². The highest BCUT2D eigenvalue weighted by atomic mass is 16.4. The van der Waals surface area contributed by atoms with Crippen LogP contribution in [-0.2, 0) is 0 Å². The minimum Gasteiger partial charge on any atom is -0.476 e. The van der Waals surface area contributed by atoms with Crippen molar-refractivity contribution in [2.45, 2.75) is 38.1 Å². The van der Waals surface area contributed by atoms with Crippen LogP contribution in [0.15, 0.2) is 12.4 Å². The predicted octanol–water partition coefficient (Wildman–Crippen LogP) is 1.92. The van der Waals surface area contributed by atoms with Gasteiger partial charge in [0.05, 0.1) is 0 Å². The molecule has 0 unspecified atom stereocenters. The average Bonchev–Trinajstić information content (AvgIpc) is 2.31. The molecule has 1 aromatic heterocycles. The normalized spacial score (nSPS) is 17.0. The summed E-state index contributed by atoms with van der Waals surface area (Å²) in [5, 5.41) is 12.1. The van der Waals surface area contributed by atoms with Crippen LogP contribution < -0.4 is 5.32 Å². The molecule has 86 valence electrons. The number of nitrogens with zero attached hydrogens (tertiary/aromatic N) is 2. The fourth-order valence-electron chi connectivity index (χ4n) is 2.04. The Morgan fingerprint density at radius 2 is 1.94 bits per heavy atom. The van der Waals surface area contributed by atoms with Crippen molar-refractivity contribution in [1.29, 1.82) is 0 Å². The second kappa shape index (κ2) is 4.92. The summed E-state index contributed by atoms with van der Waals surface area (Å²) in [5.74, 6) is -0.645. The molecule has 16 heavy (non-hydrogen) atoms. The lowest BCUT2D eigenvalue weighted by Crippen LogP contribution is -2.24. The van der Waals surface area contributed by atoms with Crippen molar-refractivity contribution >= 4 is 11.8 Å². The quantitative estimate of drug-likeness (QED) is 0.815. The number of carboxylic acids is 1. The molecule has 1 saturated carbocycles. The van der Waals surface area contributed by atoms with Gasteiger partial charge in [0.25, 0.3) is 0 Å². The van der Waals surface area contributed by atoms with Gasteiger partial charge < -0.3 is 10.4 Å². The minimum atomic E-state index is -1.04. The molecular formula is C11H15N3O2. The van der Waals surface area contributed by atoms with E-state index in [4.69, 9.17) is 5.11 Å². The van der Waals surface area contributed by atoms with E-state index in [1.807, 2.05) is 0 Å². The van der Waals surface area contributed by atoms with Crippen LogP contribution in [0.4, 0.5) is 5.82 Å². The van der Waals surface area contributed by atoms with Gasteiger partial charge in [-0.05, 0) is 12.8 Å². The molecule has 5 nitrogen and oxygen atoms in total. The Labute approximate surface area is 93.9 Å². The number of carbonyl (C=O) groups is 1. The number of anilines is 1. The number of aromatic carboxylic acids is 1. The average molecular weight is 221 g/mol. The van der Waals surface area contributed by atoms with Crippen molar-refractivity contribution < 1.29 is 9.90 Å². The van der Waals surface area contributed by atoms with E-state index >= 15 is 0 Å². The Morgan fingerprint density at radius 3 is 2.62 bits per heavy atom. The lowest BCUT2D eigenvalue weighted by atomic mass is 9.95. The maximum Gasteiger partial charge on any atom is 0.358 e. The third-order valence-electron chi connectivity index (χ3n) is 2.85. The summed E-state index contributed by atoms with van der Waals surface area (Å²) >= 11 is 0. The zero-order chi connectivity index (χ0) is 11.4. The molecule has 2 rings (SSSR count). The third-order valence-corrected chi connectivity index (χ3v) is 2.85. The predicted molar refractivity (Wildman–Crippen MR) is 59.5 cm³/mol. The van der Waals surface area contributed by atoms with Gasteiger partial charge in [-0.2, -0.15) is 0 Å². The van der Waals surface area contributed by atoms with E-state index in [0.717, 1.165) is 12.8 Å². The van der Waals surface area contributed by atoms with Crippen molar-refractivity contribution in [3.05, 3.63) is 18.1 Å². The lowest BCUT2D eigenvalue weighted by molar-refractivity contribution is 0.0691. The molecule has 0 aliphatic heterocycles. The molecule has 0 spiro atoms. The van der Waals surface area contributed by atoms with Crippen LogP contribution in [0.1, 0.15) is 42.6 Å². The lowest BCUT2D eigenvalue weighted by Gasteiger charge is -2.23. The number of nitrogens with one attached hydrogen (secondary N) is 1. The van der Waals surface area contributed by atoms with E-state index in [9.17, 15) is 4.79 Å². The third kappa shape index (κ3) is 2.48. The van der Waals surface area contributed by atoms with Crippen LogP contribution in [0.25, 0.3) is 0 Å². The Bertz CT molecular complexity index is 375. The van der Waals surface area contributed by atoms with Gasteiger partial charge >= 0.3 is 5.97 Å². The minimum absolute atomic E-state index is 0.00748. The number of hydrogen-bond donors (Lipinski definition) is 2. The fourth-order valence-corrected chi connectivity index (χ4v) is 2.04. The fraction of sp³-hybridized carbons (Fsp3) is 0.545. The second-order valence-electron chi connectivity index (χ2n) is 4.04. The van der Waals surface area contributed by atoms with Gasteiger partial charge in [-0.15, -0.1) is 0 Å². The molecule has 2 N–H and O–H groups in total. The molecule has 0 bridgehead atoms. The zero-order valence-corrected chi connectivity index (χ0v) is 9.02. The van der Waals surface area contributed by atoms with Crippen LogP contribution in [0, 0.1) is 0 Å². The molecule has 0 radical (unpaired) electrons. The largest absolute Gasteiger partial charge is 0.476 e. The van der Waals surface area contributed by atoms with Gasteiger partial charge in [-0.1, -0.05) is 19.3 Å². The molecule has 1 aliphatic carbocycles. The number of hydrogen-bond acceptors (Lipinski definition) is 4. The molecule has 5 heteroatoms. The monoisotopic (exact) mass is 221 g/mol. The number of carboxylic acid groups (broad SMARTS) is 1. The van der Waals surface area contributed by atoms with Crippen molar-refractivity contribution in [2.24, 2.45) is 0 Å². The van der Waals surface area contributed by atoms with Crippen molar-refractivity contribution in [2.75, 3.05) is 5.32 Å². The highest BCUT2D eigenvalue weighted by Crippen LogP contribution is 2.21.